The summed E-state index contributed by atoms with van der Waals surface area (Å²) in [4.78, 5) is 25.2. The smallest absolute Gasteiger partial charge is 0.253 e. The Morgan fingerprint density at radius 3 is 2.41 bits per heavy atom. The molecule has 3 heterocycles. The number of carbonyl (C=O) groups excluding carboxylic acids is 1. The Balaban J connectivity index is 1.20. The second-order valence-corrected chi connectivity index (χ2v) is 11.4. The van der Waals surface area contributed by atoms with Crippen LogP contribution in [0.15, 0.2) is 121 Å². The molecule has 3 aromatic carbocycles. The highest BCUT2D eigenvalue weighted by molar-refractivity contribution is 7.99. The molecule has 5 aromatic rings. The van der Waals surface area contributed by atoms with Gasteiger partial charge in [0.05, 0.1) is 24.4 Å². The number of nitrogens with one attached hydrogen (secondary N) is 1. The molecule has 9 heteroatoms. The van der Waals surface area contributed by atoms with Crippen LogP contribution in [-0.4, -0.2) is 37.8 Å². The Kier molecular flexibility index (Phi) is 9.69. The van der Waals surface area contributed by atoms with Crippen molar-refractivity contribution in [3.63, 3.8) is 0 Å². The third kappa shape index (κ3) is 7.56. The van der Waals surface area contributed by atoms with Crippen molar-refractivity contribution in [2.75, 3.05) is 5.75 Å². The minimum Gasteiger partial charge on any atom is -0.392 e. The molecule has 0 spiro atoms. The van der Waals surface area contributed by atoms with Crippen LogP contribution in [0.3, 0.4) is 0 Å². The summed E-state index contributed by atoms with van der Waals surface area (Å²) in [7, 11) is 0. The molecule has 0 bridgehead atoms. The number of aliphatic hydroxyl groups is 1. The molecule has 44 heavy (non-hydrogen) atoms. The summed E-state index contributed by atoms with van der Waals surface area (Å²) < 4.78 is 13.1. The number of rotatable bonds is 10. The summed E-state index contributed by atoms with van der Waals surface area (Å²) in [6.45, 7) is 0.399. The van der Waals surface area contributed by atoms with Gasteiger partial charge in [0.25, 0.3) is 5.91 Å². The number of carbonyl (C=O) groups is 1. The van der Waals surface area contributed by atoms with Gasteiger partial charge in [-0.3, -0.25) is 9.78 Å². The zero-order valence-electron chi connectivity index (χ0n) is 24.0. The van der Waals surface area contributed by atoms with Crippen LogP contribution in [0.2, 0.25) is 0 Å². The second-order valence-electron chi connectivity index (χ2n) is 10.4. The van der Waals surface area contributed by atoms with E-state index < -0.39 is 6.29 Å². The molecule has 0 radical (unpaired) electrons. The fourth-order valence-electron chi connectivity index (χ4n) is 5.06. The Morgan fingerprint density at radius 1 is 0.841 bits per heavy atom. The number of thioether (sulfide) groups is 1. The molecule has 1 fully saturated rings. The van der Waals surface area contributed by atoms with Gasteiger partial charge in [0.15, 0.2) is 11.4 Å². The molecule has 0 aliphatic carbocycles. The highest BCUT2D eigenvalue weighted by Crippen LogP contribution is 2.40. The van der Waals surface area contributed by atoms with Crippen molar-refractivity contribution < 1.29 is 19.4 Å². The molecule has 1 saturated heterocycles. The first-order chi connectivity index (χ1) is 21.6. The maximum Gasteiger partial charge on any atom is 0.253 e. The van der Waals surface area contributed by atoms with Gasteiger partial charge in [0.2, 0.25) is 0 Å². The molecule has 222 valence electrons. The number of hydrogen-bond donors (Lipinski definition) is 2. The van der Waals surface area contributed by atoms with Crippen molar-refractivity contribution in [1.82, 2.24) is 20.3 Å². The predicted molar refractivity (Wildman–Crippen MR) is 168 cm³/mol. The quantitative estimate of drug-likeness (QED) is 0.141. The van der Waals surface area contributed by atoms with E-state index in [1.54, 1.807) is 54.7 Å². The normalized spacial score (nSPS) is 18.1. The van der Waals surface area contributed by atoms with Crippen LogP contribution in [0.25, 0.3) is 11.1 Å². The van der Waals surface area contributed by atoms with Crippen molar-refractivity contribution in [1.29, 1.82) is 0 Å². The Morgan fingerprint density at radius 2 is 1.64 bits per heavy atom. The van der Waals surface area contributed by atoms with Crippen LogP contribution in [0.1, 0.15) is 51.4 Å². The Hall–Kier alpha value is -4.41. The van der Waals surface area contributed by atoms with Gasteiger partial charge in [0, 0.05) is 49.1 Å². The minimum absolute atomic E-state index is 0.00124. The van der Waals surface area contributed by atoms with Gasteiger partial charge >= 0.3 is 0 Å². The largest absolute Gasteiger partial charge is 0.392 e. The van der Waals surface area contributed by atoms with E-state index in [2.05, 4.69) is 44.5 Å². The second kappa shape index (κ2) is 14.4. The van der Waals surface area contributed by atoms with Gasteiger partial charge in [-0.2, -0.15) is 0 Å². The molecule has 2 aromatic heterocycles. The molecule has 3 atom stereocenters. The van der Waals surface area contributed by atoms with E-state index in [1.807, 2.05) is 48.5 Å². The van der Waals surface area contributed by atoms with Crippen LogP contribution in [0, 0.1) is 0 Å². The van der Waals surface area contributed by atoms with Crippen molar-refractivity contribution in [3.05, 3.63) is 144 Å². The van der Waals surface area contributed by atoms with Crippen LogP contribution in [0.4, 0.5) is 0 Å². The summed E-state index contributed by atoms with van der Waals surface area (Å²) in [6, 6.07) is 29.5. The molecular weight excluding hydrogens is 572 g/mol. The average Bonchev–Trinajstić information content (AvgIpc) is 3.10. The van der Waals surface area contributed by atoms with E-state index in [-0.39, 0.29) is 24.7 Å². The minimum atomic E-state index is -0.574. The average molecular weight is 605 g/mol. The predicted octanol–water partition coefficient (Wildman–Crippen LogP) is 6.30. The van der Waals surface area contributed by atoms with Crippen molar-refractivity contribution in [2.45, 2.75) is 43.2 Å². The summed E-state index contributed by atoms with van der Waals surface area (Å²) in [6.07, 6.45) is 6.51. The van der Waals surface area contributed by atoms with E-state index in [1.165, 1.54) is 0 Å². The van der Waals surface area contributed by atoms with Crippen LogP contribution < -0.4 is 5.32 Å². The molecule has 0 unspecified atom stereocenters. The molecule has 8 nitrogen and oxygen atoms in total. The maximum atomic E-state index is 12.5. The van der Waals surface area contributed by atoms with E-state index in [4.69, 9.17) is 9.47 Å². The highest BCUT2D eigenvalue weighted by atomic mass is 32.2. The first-order valence-electron chi connectivity index (χ1n) is 14.4. The summed E-state index contributed by atoms with van der Waals surface area (Å²) in [5, 5.41) is 13.2. The lowest BCUT2D eigenvalue weighted by atomic mass is 9.99. The van der Waals surface area contributed by atoms with E-state index >= 15 is 0 Å². The van der Waals surface area contributed by atoms with Gasteiger partial charge in [-0.05, 0) is 58.1 Å². The van der Waals surface area contributed by atoms with Gasteiger partial charge in [-0.25, -0.2) is 9.97 Å². The standard InChI is InChI=1S/C35H32N4O4S/c40-22-24-10-12-26(13-11-24)32-19-31(23-44-35-37-15-4-16-38-35)42-34(43-32)29-8-2-7-28(18-29)27-6-1-5-25(17-27)20-39-33(41)30-9-3-14-36-21-30/h1-18,21,31-32,34,40H,19-20,22-23H2,(H,39,41)/t31-,32+,34+/m0/s1. The third-order valence-electron chi connectivity index (χ3n) is 7.35. The molecule has 6 rings (SSSR count). The highest BCUT2D eigenvalue weighted by Gasteiger charge is 2.32. The number of pyridine rings is 1. The molecule has 1 aliphatic rings. The van der Waals surface area contributed by atoms with E-state index in [0.717, 1.165) is 33.4 Å². The first-order valence-corrected chi connectivity index (χ1v) is 15.4. The van der Waals surface area contributed by atoms with E-state index in [9.17, 15) is 9.90 Å². The van der Waals surface area contributed by atoms with Gasteiger partial charge in [-0.15, -0.1) is 0 Å². The number of amides is 1. The van der Waals surface area contributed by atoms with E-state index in [0.29, 0.717) is 29.4 Å². The van der Waals surface area contributed by atoms with Crippen LogP contribution in [0.5, 0.6) is 0 Å². The molecule has 0 saturated carbocycles. The fourth-order valence-corrected chi connectivity index (χ4v) is 5.88. The lowest BCUT2D eigenvalue weighted by Crippen LogP contribution is -2.31. The van der Waals surface area contributed by atoms with Gasteiger partial charge < -0.3 is 19.9 Å². The molecule has 1 amide bonds. The summed E-state index contributed by atoms with van der Waals surface area (Å²) >= 11 is 1.56. The zero-order chi connectivity index (χ0) is 30.1. The number of benzene rings is 3. The summed E-state index contributed by atoms with van der Waals surface area (Å²) in [5.41, 5.74) is 6.38. The number of hydrogen-bond acceptors (Lipinski definition) is 8. The number of nitrogens with zero attached hydrogens (tertiary/aromatic N) is 3. The van der Waals surface area contributed by atoms with Crippen molar-refractivity contribution in [3.8, 4) is 11.1 Å². The number of aliphatic hydroxyl groups excluding tert-OH is 1. The Bertz CT molecular complexity index is 1670. The fraction of sp³-hybridized carbons (Fsp3) is 0.200. The number of ether oxygens (including phenoxy) is 2. The molecule has 2 N–H and O–H groups in total. The van der Waals surface area contributed by atoms with Crippen molar-refractivity contribution in [2.24, 2.45) is 0 Å². The first kappa shape index (κ1) is 29.7. The Labute approximate surface area is 260 Å². The topological polar surface area (TPSA) is 106 Å². The monoisotopic (exact) mass is 604 g/mol. The molecular formula is C35H32N4O4S. The summed E-state index contributed by atoms with van der Waals surface area (Å²) in [5.74, 6) is 0.519. The number of aromatic nitrogens is 3. The lowest BCUT2D eigenvalue weighted by Gasteiger charge is -2.36. The zero-order valence-corrected chi connectivity index (χ0v) is 24.8. The third-order valence-corrected chi connectivity index (χ3v) is 8.36. The molecule has 1 aliphatic heterocycles. The van der Waals surface area contributed by atoms with Gasteiger partial charge in [-0.1, -0.05) is 72.4 Å². The van der Waals surface area contributed by atoms with Gasteiger partial charge in [0.1, 0.15) is 0 Å². The van der Waals surface area contributed by atoms with Crippen molar-refractivity contribution >= 4 is 17.7 Å². The van der Waals surface area contributed by atoms with Crippen LogP contribution >= 0.6 is 11.8 Å². The SMILES string of the molecule is O=C(NCc1cccc(-c2cccc([C@@H]3O[C@H](CSc4ncccn4)C[C@H](c4ccc(CO)cc4)O3)c2)c1)c1cccnc1. The lowest BCUT2D eigenvalue weighted by molar-refractivity contribution is -0.245. The maximum absolute atomic E-state index is 12.5. The van der Waals surface area contributed by atoms with Crippen LogP contribution in [-0.2, 0) is 22.6 Å².